The van der Waals surface area contributed by atoms with Crippen molar-refractivity contribution >= 4 is 18.0 Å². The third kappa shape index (κ3) is 5.88. The van der Waals surface area contributed by atoms with Crippen molar-refractivity contribution < 1.29 is 23.9 Å². The van der Waals surface area contributed by atoms with Crippen molar-refractivity contribution in [2.24, 2.45) is 0 Å². The fourth-order valence-corrected chi connectivity index (χ4v) is 2.16. The minimum absolute atomic E-state index is 0.0357. The number of hydrogen-bond acceptors (Lipinski definition) is 6. The Bertz CT molecular complexity index is 394. The number of esters is 1. The highest BCUT2D eigenvalue weighted by Crippen LogP contribution is 2.05. The maximum Gasteiger partial charge on any atom is 0.409 e. The van der Waals surface area contributed by atoms with Crippen LogP contribution in [0.4, 0.5) is 4.79 Å². The Morgan fingerprint density at radius 2 is 1.77 bits per heavy atom. The average molecular weight is 315 g/mol. The van der Waals surface area contributed by atoms with Crippen LogP contribution in [0.1, 0.15) is 13.3 Å². The van der Waals surface area contributed by atoms with E-state index in [4.69, 9.17) is 4.74 Å². The Balaban J connectivity index is 2.25. The van der Waals surface area contributed by atoms with Gasteiger partial charge in [-0.2, -0.15) is 0 Å². The van der Waals surface area contributed by atoms with Gasteiger partial charge in [0.05, 0.1) is 13.7 Å². The van der Waals surface area contributed by atoms with Gasteiger partial charge in [0.1, 0.15) is 6.54 Å². The van der Waals surface area contributed by atoms with Crippen LogP contribution in [0.3, 0.4) is 0 Å². The highest BCUT2D eigenvalue weighted by molar-refractivity contribution is 5.81. The number of nitrogens with zero attached hydrogens (tertiary/aromatic N) is 3. The van der Waals surface area contributed by atoms with Crippen LogP contribution in [-0.2, 0) is 19.1 Å². The number of amides is 2. The molecule has 8 nitrogen and oxygen atoms in total. The molecule has 0 aliphatic carbocycles. The molecule has 0 aromatic carbocycles. The van der Waals surface area contributed by atoms with E-state index in [1.54, 1.807) is 18.9 Å². The molecule has 1 heterocycles. The molecule has 126 valence electrons. The highest BCUT2D eigenvalue weighted by Gasteiger charge is 2.22. The molecule has 0 spiro atoms. The summed E-state index contributed by atoms with van der Waals surface area (Å²) in [4.78, 5) is 39.7. The standard InChI is InChI=1S/C14H25N3O5/c1-4-22-14(20)17-9-7-16(8-10-17)6-5-12(18)15(2)11-13(19)21-3/h4-11H2,1-3H3. The first-order chi connectivity index (χ1) is 10.5. The number of carbonyl (C=O) groups excluding carboxylic acids is 3. The van der Waals surface area contributed by atoms with Gasteiger partial charge in [-0.3, -0.25) is 14.5 Å². The predicted molar refractivity (Wildman–Crippen MR) is 79.3 cm³/mol. The third-order valence-corrected chi connectivity index (χ3v) is 3.56. The molecule has 1 saturated heterocycles. The van der Waals surface area contributed by atoms with E-state index in [2.05, 4.69) is 9.64 Å². The Morgan fingerprint density at radius 1 is 1.14 bits per heavy atom. The van der Waals surface area contributed by atoms with Crippen molar-refractivity contribution in [3.8, 4) is 0 Å². The Labute approximate surface area is 130 Å². The van der Waals surface area contributed by atoms with E-state index >= 15 is 0 Å². The second-order valence-corrected chi connectivity index (χ2v) is 5.10. The molecule has 8 heteroatoms. The van der Waals surface area contributed by atoms with Gasteiger partial charge in [-0.25, -0.2) is 4.79 Å². The van der Waals surface area contributed by atoms with Gasteiger partial charge in [0.25, 0.3) is 0 Å². The predicted octanol–water partition coefficient (Wildman–Crippen LogP) is -0.218. The summed E-state index contributed by atoms with van der Waals surface area (Å²) in [5.74, 6) is -0.530. The SMILES string of the molecule is CCOC(=O)N1CCN(CCC(=O)N(C)CC(=O)OC)CC1. The van der Waals surface area contributed by atoms with Gasteiger partial charge in [-0.15, -0.1) is 0 Å². The van der Waals surface area contributed by atoms with E-state index in [0.717, 1.165) is 0 Å². The number of methoxy groups -OCH3 is 1. The number of rotatable bonds is 6. The first-order valence-electron chi connectivity index (χ1n) is 7.42. The fraction of sp³-hybridized carbons (Fsp3) is 0.786. The van der Waals surface area contributed by atoms with Gasteiger partial charge in [0.15, 0.2) is 0 Å². The quantitative estimate of drug-likeness (QED) is 0.631. The Morgan fingerprint density at radius 3 is 2.32 bits per heavy atom. The van der Waals surface area contributed by atoms with E-state index in [9.17, 15) is 14.4 Å². The number of hydrogen-bond donors (Lipinski definition) is 0. The van der Waals surface area contributed by atoms with Crippen LogP contribution in [0.25, 0.3) is 0 Å². The van der Waals surface area contributed by atoms with Crippen LogP contribution in [0, 0.1) is 0 Å². The van der Waals surface area contributed by atoms with Crippen LogP contribution in [0.15, 0.2) is 0 Å². The van der Waals surface area contributed by atoms with Gasteiger partial charge in [-0.05, 0) is 6.92 Å². The molecule has 0 aromatic heterocycles. The van der Waals surface area contributed by atoms with Crippen molar-refractivity contribution in [1.29, 1.82) is 0 Å². The fourth-order valence-electron chi connectivity index (χ4n) is 2.16. The molecule has 1 fully saturated rings. The van der Waals surface area contributed by atoms with Crippen molar-refractivity contribution in [3.05, 3.63) is 0 Å². The summed E-state index contributed by atoms with van der Waals surface area (Å²) in [6.07, 6.45) is 0.0587. The number of ether oxygens (including phenoxy) is 2. The minimum atomic E-state index is -0.432. The summed E-state index contributed by atoms with van der Waals surface area (Å²) in [5.41, 5.74) is 0. The normalized spacial score (nSPS) is 15.3. The summed E-state index contributed by atoms with van der Waals surface area (Å²) in [6.45, 7) is 5.37. The van der Waals surface area contributed by atoms with E-state index in [0.29, 0.717) is 45.8 Å². The molecule has 0 radical (unpaired) electrons. The van der Waals surface area contributed by atoms with Crippen LogP contribution in [0.2, 0.25) is 0 Å². The van der Waals surface area contributed by atoms with E-state index in [1.807, 2.05) is 0 Å². The molecular formula is C14H25N3O5. The molecule has 0 saturated carbocycles. The summed E-state index contributed by atoms with van der Waals surface area (Å²) in [7, 11) is 2.88. The van der Waals surface area contributed by atoms with Gasteiger partial charge in [0, 0.05) is 46.2 Å². The molecule has 0 aromatic rings. The van der Waals surface area contributed by atoms with Crippen molar-refractivity contribution in [3.63, 3.8) is 0 Å². The van der Waals surface area contributed by atoms with Crippen LogP contribution in [-0.4, -0.2) is 92.7 Å². The number of carbonyl (C=O) groups is 3. The molecule has 1 aliphatic heterocycles. The van der Waals surface area contributed by atoms with E-state index in [1.165, 1.54) is 12.0 Å². The maximum atomic E-state index is 11.9. The summed E-state index contributed by atoms with van der Waals surface area (Å²) in [6, 6.07) is 0. The molecule has 0 atom stereocenters. The maximum absolute atomic E-state index is 11.9. The molecule has 1 rings (SSSR count). The lowest BCUT2D eigenvalue weighted by molar-refractivity contribution is -0.146. The first-order valence-corrected chi connectivity index (χ1v) is 7.42. The topological polar surface area (TPSA) is 79.4 Å². The number of piperazine rings is 1. The van der Waals surface area contributed by atoms with E-state index < -0.39 is 5.97 Å². The lowest BCUT2D eigenvalue weighted by atomic mass is 10.3. The molecule has 1 aliphatic rings. The first kappa shape index (κ1) is 18.2. The second-order valence-electron chi connectivity index (χ2n) is 5.10. The van der Waals surface area contributed by atoms with Crippen molar-refractivity contribution in [2.75, 3.05) is 60.0 Å². The van der Waals surface area contributed by atoms with Crippen molar-refractivity contribution in [2.45, 2.75) is 13.3 Å². The Kier molecular flexibility index (Phi) is 7.65. The monoisotopic (exact) mass is 315 g/mol. The van der Waals surface area contributed by atoms with Gasteiger partial charge >= 0.3 is 12.1 Å². The van der Waals surface area contributed by atoms with Gasteiger partial charge in [-0.1, -0.05) is 0 Å². The molecule has 2 amide bonds. The molecular weight excluding hydrogens is 290 g/mol. The zero-order valence-corrected chi connectivity index (χ0v) is 13.5. The lowest BCUT2D eigenvalue weighted by Crippen LogP contribution is -2.49. The Hall–Kier alpha value is -1.83. The largest absolute Gasteiger partial charge is 0.468 e. The number of likely N-dealkylation sites (N-methyl/N-ethyl adjacent to an activating group) is 1. The second kappa shape index (κ2) is 9.24. The van der Waals surface area contributed by atoms with E-state index in [-0.39, 0.29) is 18.5 Å². The van der Waals surface area contributed by atoms with Crippen LogP contribution >= 0.6 is 0 Å². The van der Waals surface area contributed by atoms with Crippen LogP contribution < -0.4 is 0 Å². The third-order valence-electron chi connectivity index (χ3n) is 3.56. The average Bonchev–Trinajstić information content (AvgIpc) is 2.53. The summed E-state index contributed by atoms with van der Waals surface area (Å²) < 4.78 is 9.48. The smallest absolute Gasteiger partial charge is 0.409 e. The minimum Gasteiger partial charge on any atom is -0.468 e. The molecule has 22 heavy (non-hydrogen) atoms. The zero-order valence-electron chi connectivity index (χ0n) is 13.5. The molecule has 0 bridgehead atoms. The molecule has 0 unspecified atom stereocenters. The molecule has 0 N–H and O–H groups in total. The highest BCUT2D eigenvalue weighted by atomic mass is 16.6. The van der Waals surface area contributed by atoms with Gasteiger partial charge < -0.3 is 19.3 Å². The lowest BCUT2D eigenvalue weighted by Gasteiger charge is -2.34. The zero-order chi connectivity index (χ0) is 16.5. The van der Waals surface area contributed by atoms with Crippen molar-refractivity contribution in [1.82, 2.24) is 14.7 Å². The summed E-state index contributed by atoms with van der Waals surface area (Å²) in [5, 5.41) is 0. The van der Waals surface area contributed by atoms with Gasteiger partial charge in [0.2, 0.25) is 5.91 Å². The van der Waals surface area contributed by atoms with Crippen LogP contribution in [0.5, 0.6) is 0 Å². The summed E-state index contributed by atoms with van der Waals surface area (Å²) >= 11 is 0.